The van der Waals surface area contributed by atoms with Crippen molar-refractivity contribution in [1.82, 2.24) is 0 Å². The Bertz CT molecular complexity index is 824. The molecule has 0 saturated carbocycles. The first-order chi connectivity index (χ1) is 12.8. The van der Waals surface area contributed by atoms with E-state index in [1.54, 1.807) is 0 Å². The van der Waals surface area contributed by atoms with E-state index >= 15 is 0 Å². The van der Waals surface area contributed by atoms with E-state index in [4.69, 9.17) is 0 Å². The van der Waals surface area contributed by atoms with Crippen LogP contribution in [0, 0.1) is 9.49 Å². The largest absolute Gasteiger partial charge is 0.0882 e. The Hall–Kier alpha value is -1.87. The van der Waals surface area contributed by atoms with Crippen LogP contribution in [0.1, 0.15) is 36.0 Å². The summed E-state index contributed by atoms with van der Waals surface area (Å²) in [6.07, 6.45) is 8.50. The molecule has 1 aliphatic rings. The van der Waals surface area contributed by atoms with E-state index < -0.39 is 0 Å². The minimum Gasteiger partial charge on any atom is -0.0882 e. The minimum atomic E-state index is -0.149. The number of hydrogen-bond donors (Lipinski definition) is 0. The maximum absolute atomic E-state index is 2.46. The van der Waals surface area contributed by atoms with Crippen molar-refractivity contribution in [3.63, 3.8) is 0 Å². The monoisotopic (exact) mass is 450 g/mol. The van der Waals surface area contributed by atoms with Gasteiger partial charge in [-0.2, -0.15) is 0 Å². The van der Waals surface area contributed by atoms with Gasteiger partial charge < -0.3 is 0 Å². The van der Waals surface area contributed by atoms with E-state index in [9.17, 15) is 0 Å². The molecule has 0 fully saturated rings. The summed E-state index contributed by atoms with van der Waals surface area (Å²) < 4.78 is 1.28. The first-order valence-corrected chi connectivity index (χ1v) is 10.4. The maximum Gasteiger partial charge on any atom is 0.0513 e. The smallest absolute Gasteiger partial charge is 0.0513 e. The fourth-order valence-electron chi connectivity index (χ4n) is 4.43. The van der Waals surface area contributed by atoms with Crippen LogP contribution in [0.4, 0.5) is 0 Å². The number of rotatable bonds is 4. The Kier molecular flexibility index (Phi) is 5.26. The Morgan fingerprint density at radius 2 is 1.23 bits per heavy atom. The van der Waals surface area contributed by atoms with Crippen molar-refractivity contribution in [1.29, 1.82) is 0 Å². The Morgan fingerprint density at radius 1 is 0.692 bits per heavy atom. The van der Waals surface area contributed by atoms with Gasteiger partial charge in [0.25, 0.3) is 0 Å². The molecule has 0 amide bonds. The van der Waals surface area contributed by atoms with Crippen LogP contribution >= 0.6 is 22.6 Å². The van der Waals surface area contributed by atoms with Crippen molar-refractivity contribution in [2.75, 3.05) is 0 Å². The lowest BCUT2D eigenvalue weighted by Gasteiger charge is -2.43. The predicted molar refractivity (Wildman–Crippen MR) is 118 cm³/mol. The molecule has 0 nitrogen and oxygen atoms in total. The van der Waals surface area contributed by atoms with E-state index in [2.05, 4.69) is 120 Å². The van der Waals surface area contributed by atoms with Gasteiger partial charge in [0.2, 0.25) is 0 Å². The van der Waals surface area contributed by atoms with Crippen molar-refractivity contribution in [2.24, 2.45) is 5.92 Å². The number of halogens is 1. The second kappa shape index (κ2) is 7.79. The molecule has 0 aliphatic heterocycles. The van der Waals surface area contributed by atoms with Crippen molar-refractivity contribution in [2.45, 2.75) is 24.7 Å². The van der Waals surface area contributed by atoms with Gasteiger partial charge >= 0.3 is 0 Å². The first-order valence-electron chi connectivity index (χ1n) is 9.35. The van der Waals surface area contributed by atoms with Gasteiger partial charge in [-0.25, -0.2) is 0 Å². The third-order valence-corrected chi connectivity index (χ3v) is 6.29. The van der Waals surface area contributed by atoms with Crippen LogP contribution in [-0.4, -0.2) is 0 Å². The fraction of sp³-hybridized carbons (Fsp3) is 0.200. The quantitative estimate of drug-likeness (QED) is 0.229. The van der Waals surface area contributed by atoms with Crippen LogP contribution in [-0.2, 0) is 5.41 Å². The second-order valence-electron chi connectivity index (χ2n) is 7.01. The molecule has 1 heteroatoms. The van der Waals surface area contributed by atoms with Crippen LogP contribution < -0.4 is 0 Å². The molecule has 0 saturated heterocycles. The number of allylic oxidation sites excluding steroid dienone is 2. The van der Waals surface area contributed by atoms with Crippen LogP contribution in [0.25, 0.3) is 0 Å². The number of hydrogen-bond acceptors (Lipinski definition) is 0. The van der Waals surface area contributed by atoms with Crippen LogP contribution in [0.15, 0.2) is 97.1 Å². The summed E-state index contributed by atoms with van der Waals surface area (Å²) in [5.41, 5.74) is 3.99. The van der Waals surface area contributed by atoms with Gasteiger partial charge in [-0.15, -0.1) is 0 Å². The van der Waals surface area contributed by atoms with E-state index in [-0.39, 0.29) is 5.41 Å². The van der Waals surface area contributed by atoms with Crippen molar-refractivity contribution >= 4 is 22.6 Å². The Balaban J connectivity index is 2.04. The molecule has 1 aliphatic carbocycles. The number of benzene rings is 3. The summed E-state index contributed by atoms with van der Waals surface area (Å²) in [6.45, 7) is 0. The average molecular weight is 450 g/mol. The Morgan fingerprint density at radius 3 is 1.73 bits per heavy atom. The van der Waals surface area contributed by atoms with Crippen LogP contribution in [0.3, 0.4) is 0 Å². The van der Waals surface area contributed by atoms with Gasteiger partial charge in [-0.1, -0.05) is 84.9 Å². The lowest BCUT2D eigenvalue weighted by Crippen LogP contribution is -2.37. The zero-order valence-electron chi connectivity index (χ0n) is 14.8. The van der Waals surface area contributed by atoms with Crippen molar-refractivity contribution in [3.8, 4) is 0 Å². The molecule has 1 unspecified atom stereocenters. The van der Waals surface area contributed by atoms with Gasteiger partial charge in [-0.3, -0.25) is 0 Å². The highest BCUT2D eigenvalue weighted by molar-refractivity contribution is 14.1. The maximum atomic E-state index is 2.46. The molecule has 0 radical (unpaired) electrons. The molecule has 3 aromatic rings. The molecule has 3 aromatic carbocycles. The summed E-state index contributed by atoms with van der Waals surface area (Å²) >= 11 is 2.39. The Labute approximate surface area is 170 Å². The summed E-state index contributed by atoms with van der Waals surface area (Å²) in [5.74, 6) is 0.459. The molecule has 0 aromatic heterocycles. The van der Waals surface area contributed by atoms with Crippen LogP contribution in [0.2, 0.25) is 0 Å². The summed E-state index contributed by atoms with van der Waals surface area (Å²) in [6, 6.07) is 31.2. The second-order valence-corrected chi connectivity index (χ2v) is 8.26. The van der Waals surface area contributed by atoms with Gasteiger partial charge in [0.1, 0.15) is 0 Å². The average Bonchev–Trinajstić information content (AvgIpc) is 2.72. The molecular weight excluding hydrogens is 427 g/mol. The SMILES string of the molecule is Ic1ccc(C(c2ccccc2)(c2ccccc2)C2C=CCCC2)cc1. The molecule has 0 N–H and O–H groups in total. The summed E-state index contributed by atoms with van der Waals surface area (Å²) in [7, 11) is 0. The van der Waals surface area contributed by atoms with E-state index in [1.165, 1.54) is 39.5 Å². The third kappa shape index (κ3) is 3.14. The first kappa shape index (κ1) is 17.5. The topological polar surface area (TPSA) is 0 Å². The minimum absolute atomic E-state index is 0.149. The van der Waals surface area contributed by atoms with E-state index in [0.29, 0.717) is 5.92 Å². The zero-order valence-corrected chi connectivity index (χ0v) is 17.0. The molecule has 0 heterocycles. The van der Waals surface area contributed by atoms with Crippen molar-refractivity contribution in [3.05, 3.63) is 117 Å². The molecule has 26 heavy (non-hydrogen) atoms. The lowest BCUT2D eigenvalue weighted by atomic mass is 9.60. The van der Waals surface area contributed by atoms with Crippen molar-refractivity contribution < 1.29 is 0 Å². The van der Waals surface area contributed by atoms with E-state index in [1.807, 2.05) is 0 Å². The highest BCUT2D eigenvalue weighted by Gasteiger charge is 2.42. The molecule has 0 spiro atoms. The standard InChI is InChI=1S/C25H23I/c26-24-18-16-23(17-19-24)25(20-10-4-1-5-11-20,21-12-6-2-7-13-21)22-14-8-3-9-15-22/h1-2,4-8,10-14,16-19,22H,3,9,15H2. The highest BCUT2D eigenvalue weighted by Crippen LogP contribution is 2.48. The molecule has 130 valence electrons. The molecule has 4 rings (SSSR count). The van der Waals surface area contributed by atoms with Gasteiger partial charge in [0, 0.05) is 3.57 Å². The summed E-state index contributed by atoms with van der Waals surface area (Å²) in [5, 5.41) is 0. The highest BCUT2D eigenvalue weighted by atomic mass is 127. The van der Waals surface area contributed by atoms with Gasteiger partial charge in [0.15, 0.2) is 0 Å². The molecule has 1 atom stereocenters. The summed E-state index contributed by atoms with van der Waals surface area (Å²) in [4.78, 5) is 0. The van der Waals surface area contributed by atoms with Gasteiger partial charge in [0.05, 0.1) is 5.41 Å². The van der Waals surface area contributed by atoms with Crippen LogP contribution in [0.5, 0.6) is 0 Å². The van der Waals surface area contributed by atoms with Gasteiger partial charge in [-0.05, 0) is 76.6 Å². The molecule has 0 bridgehead atoms. The lowest BCUT2D eigenvalue weighted by molar-refractivity contribution is 0.398. The third-order valence-electron chi connectivity index (χ3n) is 5.57. The zero-order chi connectivity index (χ0) is 17.8. The normalized spacial score (nSPS) is 17.2. The fourth-order valence-corrected chi connectivity index (χ4v) is 4.79. The van der Waals surface area contributed by atoms with E-state index in [0.717, 1.165) is 0 Å². The predicted octanol–water partition coefficient (Wildman–Crippen LogP) is 6.98. The molecular formula is C25H23I.